The molecule has 7 aromatic carbocycles. The number of aryl methyl sites for hydroxylation is 3. The lowest BCUT2D eigenvalue weighted by Gasteiger charge is -2.18. The summed E-state index contributed by atoms with van der Waals surface area (Å²) in [4.78, 5) is 36.0. The van der Waals surface area contributed by atoms with Gasteiger partial charge in [-0.05, 0) is 195 Å². The molecule has 3 heterocycles. The molecule has 0 aliphatic heterocycles. The molecule has 10 rings (SSSR count). The van der Waals surface area contributed by atoms with Crippen LogP contribution in [0.15, 0.2) is 167 Å². The fourth-order valence-corrected chi connectivity index (χ4v) is 14.8. The topological polar surface area (TPSA) is 360 Å². The second-order valence-electron chi connectivity index (χ2n) is 27.1. The van der Waals surface area contributed by atoms with Crippen LogP contribution in [-0.2, 0) is 73.3 Å². The third-order valence-corrected chi connectivity index (χ3v) is 21.7. The van der Waals surface area contributed by atoms with Gasteiger partial charge in [0, 0.05) is 93.2 Å². The van der Waals surface area contributed by atoms with E-state index in [2.05, 4.69) is 96.5 Å². The highest BCUT2D eigenvalue weighted by Crippen LogP contribution is 2.33. The van der Waals surface area contributed by atoms with E-state index < -0.39 is 42.0 Å². The van der Waals surface area contributed by atoms with Gasteiger partial charge in [0.15, 0.2) is 29.5 Å². The highest BCUT2D eigenvalue weighted by molar-refractivity contribution is 14.1. The molecule has 0 spiro atoms. The number of benzene rings is 7. The second-order valence-corrected chi connectivity index (χ2v) is 34.2. The van der Waals surface area contributed by atoms with Crippen LogP contribution in [0.25, 0.3) is 0 Å². The number of nitrogens with one attached hydrogen (secondary N) is 4. The molecule has 608 valence electrons. The zero-order valence-corrected chi connectivity index (χ0v) is 70.2. The maximum absolute atomic E-state index is 12.5. The number of methoxy groups -OCH3 is 4. The van der Waals surface area contributed by atoms with Crippen molar-refractivity contribution < 1.29 is 62.2 Å². The van der Waals surface area contributed by atoms with Crippen molar-refractivity contribution in [1.82, 2.24) is 29.9 Å². The Morgan fingerprint density at radius 2 is 0.752 bits per heavy atom. The van der Waals surface area contributed by atoms with Gasteiger partial charge in [0.2, 0.25) is 24.1 Å². The largest absolute Gasteiger partial charge is 0.497 e. The Labute approximate surface area is 676 Å². The number of ether oxygens (including phenoxy) is 4. The van der Waals surface area contributed by atoms with E-state index in [1.165, 1.54) is 18.8 Å². The van der Waals surface area contributed by atoms with Crippen molar-refractivity contribution in [1.29, 1.82) is 0 Å². The Kier molecular flexibility index (Phi) is 35.0. The van der Waals surface area contributed by atoms with E-state index in [9.17, 15) is 38.4 Å². The summed E-state index contributed by atoms with van der Waals surface area (Å²) < 4.78 is 125. The van der Waals surface area contributed by atoms with E-state index in [0.29, 0.717) is 88.8 Å². The third kappa shape index (κ3) is 29.3. The molecule has 113 heavy (non-hydrogen) atoms. The number of nitrogen functional groups attached to an aromatic ring is 3. The molecule has 24 nitrogen and oxygen atoms in total. The molecular weight excluding hydrogens is 1620 g/mol. The standard InChI is InChI=1S/C32H38N4O4S.C20H21IN4O2.C16H22N4O2S.C11H17NO2S.C2HF3O.CH4/c1-21(2)29-15-22(3)30(41(6,37)38)17-25(29)16-26-20-35-32(34-19-24-9-13-28(40-5)14-10-24)36-31(26)33-18-23-7-11-27(39-4)12-8-23;1-26-16-7-3-14(4-8-16)11-22-19-18(21)13-24-20(25-19)23-12-15-5-9-17(27-2)10-6-15;1-9(2)13-5-10(3)14(23(4,21)22)7-11(13)6-12-8-19-16(18)20-15(12)17;1-7(2)9-5-8(3)11(6-10(9)12)15(4,13)14;3-2(4,5)1-6;/h7-15,17,20-21H,16,18-19H2,1-6H3,(H2,33,34,35,36);3-10,13H,11-12H2,1-2H3,(H2,22,23,24,25);5,7-9H,6H2,1-4H3,(H4,17,18,19,20);5-7H,12H2,1-4H3;1H;1H4. The number of sulfone groups is 3. The van der Waals surface area contributed by atoms with E-state index in [4.69, 9.17) is 45.9 Å². The first kappa shape index (κ1) is 93.2. The number of hydrogen-bond acceptors (Lipinski definition) is 24. The molecule has 31 heteroatoms. The number of aldehydes is 1. The lowest BCUT2D eigenvalue weighted by atomic mass is 9.92. The Balaban J connectivity index is 0.000000276. The zero-order chi connectivity index (χ0) is 83.0. The number of nitrogens with zero attached hydrogens (tertiary/aromatic N) is 6. The predicted octanol–water partition coefficient (Wildman–Crippen LogP) is 16.0. The Bertz CT molecular complexity index is 5170. The minimum absolute atomic E-state index is 0. The number of anilines is 7. The number of carbonyl (C=O) groups excluding carboxylic acids is 1. The lowest BCUT2D eigenvalue weighted by Crippen LogP contribution is -2.11. The molecule has 0 aliphatic rings. The average molecular weight is 1730 g/mol. The highest BCUT2D eigenvalue weighted by atomic mass is 127. The van der Waals surface area contributed by atoms with Crippen molar-refractivity contribution in [2.75, 3.05) is 85.7 Å². The van der Waals surface area contributed by atoms with Crippen molar-refractivity contribution in [3.63, 3.8) is 0 Å². The van der Waals surface area contributed by atoms with Crippen LogP contribution in [-0.4, -0.2) is 115 Å². The number of aromatic nitrogens is 6. The van der Waals surface area contributed by atoms with Gasteiger partial charge in [-0.3, -0.25) is 4.79 Å². The van der Waals surface area contributed by atoms with Gasteiger partial charge in [0.25, 0.3) is 0 Å². The van der Waals surface area contributed by atoms with Crippen LogP contribution in [0.3, 0.4) is 0 Å². The number of hydrogen-bond donors (Lipinski definition) is 7. The minimum atomic E-state index is -4.64. The van der Waals surface area contributed by atoms with Crippen molar-refractivity contribution in [3.8, 4) is 23.0 Å². The summed E-state index contributed by atoms with van der Waals surface area (Å²) in [5.74, 6) is 7.07. The molecule has 0 bridgehead atoms. The Morgan fingerprint density at radius 1 is 0.442 bits per heavy atom. The van der Waals surface area contributed by atoms with Crippen LogP contribution in [0.1, 0.15) is 145 Å². The minimum Gasteiger partial charge on any atom is -0.497 e. The van der Waals surface area contributed by atoms with Gasteiger partial charge in [-0.1, -0.05) is 116 Å². The van der Waals surface area contributed by atoms with E-state index in [-0.39, 0.29) is 25.2 Å². The van der Waals surface area contributed by atoms with E-state index >= 15 is 0 Å². The van der Waals surface area contributed by atoms with Crippen LogP contribution in [0, 0.1) is 24.3 Å². The van der Waals surface area contributed by atoms with Crippen LogP contribution in [0.2, 0.25) is 0 Å². The second kappa shape index (κ2) is 42.5. The summed E-state index contributed by atoms with van der Waals surface area (Å²) in [5, 5.41) is 13.4. The number of rotatable bonds is 26. The first-order chi connectivity index (χ1) is 52.6. The maximum Gasteiger partial charge on any atom is 0.446 e. The van der Waals surface area contributed by atoms with Crippen molar-refractivity contribution in [2.24, 2.45) is 0 Å². The lowest BCUT2D eigenvalue weighted by molar-refractivity contribution is -0.156. The van der Waals surface area contributed by atoms with Crippen LogP contribution in [0.5, 0.6) is 23.0 Å². The molecule has 0 radical (unpaired) electrons. The summed E-state index contributed by atoms with van der Waals surface area (Å²) in [6.45, 7) is 20.3. The molecule has 0 unspecified atom stereocenters. The fourth-order valence-electron chi connectivity index (χ4n) is 11.3. The molecule has 10 N–H and O–H groups in total. The molecule has 0 amide bonds. The van der Waals surface area contributed by atoms with Gasteiger partial charge < -0.3 is 57.4 Å². The molecule has 0 saturated heterocycles. The average Bonchev–Trinajstić information content (AvgIpc) is 0.800. The van der Waals surface area contributed by atoms with E-state index in [1.54, 1.807) is 59.9 Å². The summed E-state index contributed by atoms with van der Waals surface area (Å²) in [7, 11) is -3.23. The van der Waals surface area contributed by atoms with Gasteiger partial charge in [-0.25, -0.2) is 40.2 Å². The van der Waals surface area contributed by atoms with E-state index in [1.807, 2.05) is 155 Å². The number of alkyl halides is 3. The molecule has 3 aromatic heterocycles. The summed E-state index contributed by atoms with van der Waals surface area (Å²) in [5.41, 5.74) is 31.1. The van der Waals surface area contributed by atoms with Gasteiger partial charge in [0.05, 0.1) is 46.7 Å². The summed E-state index contributed by atoms with van der Waals surface area (Å²) in [6.07, 6.45) is 4.11. The zero-order valence-electron chi connectivity index (χ0n) is 65.6. The van der Waals surface area contributed by atoms with Crippen molar-refractivity contribution >= 4 is 99.4 Å². The van der Waals surface area contributed by atoms with Gasteiger partial charge >= 0.3 is 6.18 Å². The molecule has 0 atom stereocenters. The fraction of sp³-hybridized carbons (Fsp3) is 0.329. The van der Waals surface area contributed by atoms with Crippen LogP contribution in [0.4, 0.5) is 54.2 Å². The first-order valence-electron chi connectivity index (χ1n) is 35.2. The Morgan fingerprint density at radius 3 is 1.09 bits per heavy atom. The number of halogens is 4. The number of nitrogens with two attached hydrogens (primary N) is 3. The van der Waals surface area contributed by atoms with Gasteiger partial charge in [-0.2, -0.15) is 28.1 Å². The Hall–Kier alpha value is -10.4. The molecular formula is C82H103F3IN13O11S3. The third-order valence-electron chi connectivity index (χ3n) is 17.2. The highest BCUT2D eigenvalue weighted by Gasteiger charge is 2.25. The quantitative estimate of drug-likeness (QED) is 0.0150. The van der Waals surface area contributed by atoms with Crippen molar-refractivity contribution in [2.45, 2.75) is 147 Å². The van der Waals surface area contributed by atoms with Crippen molar-refractivity contribution in [3.05, 3.63) is 234 Å². The molecule has 0 fully saturated rings. The summed E-state index contributed by atoms with van der Waals surface area (Å²) >= 11 is 2.23. The number of carbonyl (C=O) groups is 1. The first-order valence-corrected chi connectivity index (χ1v) is 41.9. The molecule has 10 aromatic rings. The molecule has 0 aliphatic carbocycles. The van der Waals surface area contributed by atoms with Crippen LogP contribution < -0.4 is 57.4 Å². The SMILES string of the molecule is C.COc1ccc(CNc2ncc(Cc3cc(S(C)(=O)=O)c(C)cc3C(C)C)c(NCc3ccc(OC)cc3)n2)cc1.COc1ccc(CNc2ncc(I)c(NCc3ccc(OC)cc3)n2)cc1.Cc1cc(C(C)C)c(Cc2cnc(N)nc2N)cc1S(C)(=O)=O.Cc1cc(C(C)C)c(N)cc1S(C)(=O)=O.O=CC(F)(F)F. The van der Waals surface area contributed by atoms with Gasteiger partial charge in [-0.15, -0.1) is 0 Å². The maximum atomic E-state index is 12.5. The smallest absolute Gasteiger partial charge is 0.446 e. The molecule has 0 saturated carbocycles. The van der Waals surface area contributed by atoms with E-state index in [0.717, 1.165) is 110 Å². The monoisotopic (exact) mass is 1730 g/mol. The van der Waals surface area contributed by atoms with Crippen LogP contribution >= 0.6 is 22.6 Å². The normalized spacial score (nSPS) is 11.2. The predicted molar refractivity (Wildman–Crippen MR) is 453 cm³/mol. The summed E-state index contributed by atoms with van der Waals surface area (Å²) in [6, 6.07) is 42.4. The van der Waals surface area contributed by atoms with Gasteiger partial charge in [0.1, 0.15) is 40.5 Å².